The first-order valence-electron chi connectivity index (χ1n) is 6.79. The van der Waals surface area contributed by atoms with Gasteiger partial charge in [0, 0.05) is 5.56 Å². The lowest BCUT2D eigenvalue weighted by atomic mass is 10.1. The van der Waals surface area contributed by atoms with Gasteiger partial charge in [-0.2, -0.15) is 8.78 Å². The zero-order chi connectivity index (χ0) is 16.2. The van der Waals surface area contributed by atoms with Crippen LogP contribution in [0.5, 0.6) is 17.2 Å². The van der Waals surface area contributed by atoms with E-state index in [1.807, 2.05) is 0 Å². The van der Waals surface area contributed by atoms with Crippen LogP contribution in [-0.2, 0) is 0 Å². The number of ketones is 1. The third-order valence-electron chi connectivity index (χ3n) is 3.19. The third-order valence-corrected chi connectivity index (χ3v) is 3.19. The Bertz CT molecular complexity index is 739. The van der Waals surface area contributed by atoms with E-state index in [1.54, 1.807) is 24.3 Å². The van der Waals surface area contributed by atoms with Crippen LogP contribution < -0.4 is 14.2 Å². The van der Waals surface area contributed by atoms with Crippen molar-refractivity contribution in [2.24, 2.45) is 0 Å². The lowest BCUT2D eigenvalue weighted by Crippen LogP contribution is -2.02. The lowest BCUT2D eigenvalue weighted by Gasteiger charge is -2.04. The van der Waals surface area contributed by atoms with Gasteiger partial charge in [-0.15, -0.1) is 0 Å². The summed E-state index contributed by atoms with van der Waals surface area (Å²) in [7, 11) is 0. The number of halogens is 2. The molecule has 0 amide bonds. The van der Waals surface area contributed by atoms with Gasteiger partial charge in [-0.25, -0.2) is 0 Å². The van der Waals surface area contributed by atoms with Crippen molar-refractivity contribution < 1.29 is 27.8 Å². The van der Waals surface area contributed by atoms with Crippen molar-refractivity contribution in [1.29, 1.82) is 0 Å². The van der Waals surface area contributed by atoms with Gasteiger partial charge < -0.3 is 14.2 Å². The van der Waals surface area contributed by atoms with Crippen molar-refractivity contribution in [2.45, 2.75) is 6.61 Å². The summed E-state index contributed by atoms with van der Waals surface area (Å²) in [5.74, 6) is 1.07. The summed E-state index contributed by atoms with van der Waals surface area (Å²) in [5, 5.41) is 0. The van der Waals surface area contributed by atoms with Crippen LogP contribution >= 0.6 is 0 Å². The van der Waals surface area contributed by atoms with Gasteiger partial charge in [-0.3, -0.25) is 4.79 Å². The fourth-order valence-electron chi connectivity index (χ4n) is 2.09. The number of hydrogen-bond acceptors (Lipinski definition) is 4. The molecule has 0 aliphatic carbocycles. The molecule has 0 atom stereocenters. The Morgan fingerprint density at radius 3 is 2.57 bits per heavy atom. The summed E-state index contributed by atoms with van der Waals surface area (Å²) in [6, 6.07) is 10.9. The van der Waals surface area contributed by atoms with Gasteiger partial charge in [-0.05, 0) is 48.0 Å². The van der Waals surface area contributed by atoms with Crippen molar-refractivity contribution in [2.75, 3.05) is 6.79 Å². The molecule has 0 fully saturated rings. The molecule has 6 heteroatoms. The van der Waals surface area contributed by atoms with E-state index in [4.69, 9.17) is 9.47 Å². The highest BCUT2D eigenvalue weighted by molar-refractivity contribution is 6.06. The summed E-state index contributed by atoms with van der Waals surface area (Å²) < 4.78 is 38.8. The molecule has 0 saturated heterocycles. The maximum atomic E-state index is 12.1. The van der Waals surface area contributed by atoms with Gasteiger partial charge in [0.1, 0.15) is 5.75 Å². The van der Waals surface area contributed by atoms with E-state index < -0.39 is 6.61 Å². The fourth-order valence-corrected chi connectivity index (χ4v) is 2.09. The van der Waals surface area contributed by atoms with E-state index in [2.05, 4.69) is 4.74 Å². The number of rotatable bonds is 5. The van der Waals surface area contributed by atoms with Crippen LogP contribution in [0.2, 0.25) is 0 Å². The van der Waals surface area contributed by atoms with Crippen molar-refractivity contribution in [3.05, 3.63) is 59.7 Å². The zero-order valence-corrected chi connectivity index (χ0v) is 11.9. The lowest BCUT2D eigenvalue weighted by molar-refractivity contribution is -0.0498. The van der Waals surface area contributed by atoms with E-state index in [9.17, 15) is 13.6 Å². The standard InChI is InChI=1S/C17H12F2O4/c18-17(19)23-13-5-3-12(4-6-13)14(20)7-1-11-2-8-15-16(9-11)22-10-21-15/h1-9,17H,10H2/b7-1+. The number of hydrogen-bond donors (Lipinski definition) is 0. The van der Waals surface area contributed by atoms with Crippen LogP contribution in [0.4, 0.5) is 8.78 Å². The van der Waals surface area contributed by atoms with Crippen LogP contribution in [0.25, 0.3) is 6.08 Å². The average Bonchev–Trinajstić information content (AvgIpc) is 3.00. The molecule has 3 rings (SSSR count). The molecule has 0 unspecified atom stereocenters. The van der Waals surface area contributed by atoms with E-state index >= 15 is 0 Å². The predicted molar refractivity (Wildman–Crippen MR) is 79.0 cm³/mol. The second kappa shape index (κ2) is 6.48. The van der Waals surface area contributed by atoms with Crippen molar-refractivity contribution in [3.63, 3.8) is 0 Å². The summed E-state index contributed by atoms with van der Waals surface area (Å²) >= 11 is 0. The second-order valence-corrected chi connectivity index (χ2v) is 4.71. The zero-order valence-electron chi connectivity index (χ0n) is 11.9. The highest BCUT2D eigenvalue weighted by Crippen LogP contribution is 2.32. The van der Waals surface area contributed by atoms with Gasteiger partial charge in [0.15, 0.2) is 17.3 Å². The third kappa shape index (κ3) is 3.66. The van der Waals surface area contributed by atoms with Gasteiger partial charge in [0.05, 0.1) is 0 Å². The highest BCUT2D eigenvalue weighted by Gasteiger charge is 2.12. The number of allylic oxidation sites excluding steroid dienone is 1. The van der Waals surface area contributed by atoms with Gasteiger partial charge in [-0.1, -0.05) is 12.1 Å². The molecule has 1 aliphatic rings. The first-order valence-corrected chi connectivity index (χ1v) is 6.79. The van der Waals surface area contributed by atoms with Crippen LogP contribution in [-0.4, -0.2) is 19.2 Å². The molecule has 1 heterocycles. The Hall–Kier alpha value is -2.89. The second-order valence-electron chi connectivity index (χ2n) is 4.71. The van der Waals surface area contributed by atoms with Crippen LogP contribution in [0.15, 0.2) is 48.5 Å². The molecule has 0 saturated carbocycles. The normalized spacial score (nSPS) is 12.8. The Morgan fingerprint density at radius 1 is 1.09 bits per heavy atom. The van der Waals surface area contributed by atoms with Crippen molar-refractivity contribution in [1.82, 2.24) is 0 Å². The maximum absolute atomic E-state index is 12.1. The molecule has 0 spiro atoms. The van der Waals surface area contributed by atoms with Gasteiger partial charge in [0.2, 0.25) is 6.79 Å². The molecule has 2 aromatic carbocycles. The monoisotopic (exact) mass is 318 g/mol. The highest BCUT2D eigenvalue weighted by atomic mass is 19.3. The Labute approximate surface area is 130 Å². The predicted octanol–water partition coefficient (Wildman–Crippen LogP) is 3.91. The number of benzene rings is 2. The van der Waals surface area contributed by atoms with E-state index in [-0.39, 0.29) is 18.3 Å². The SMILES string of the molecule is O=C(/C=C/c1ccc2c(c1)OCO2)c1ccc(OC(F)F)cc1. The minimum Gasteiger partial charge on any atom is -0.454 e. The van der Waals surface area contributed by atoms with Crippen molar-refractivity contribution in [3.8, 4) is 17.2 Å². The average molecular weight is 318 g/mol. The maximum Gasteiger partial charge on any atom is 0.387 e. The summed E-state index contributed by atoms with van der Waals surface area (Å²) in [6.07, 6.45) is 3.05. The van der Waals surface area contributed by atoms with E-state index in [0.29, 0.717) is 17.1 Å². The Balaban J connectivity index is 1.68. The molecule has 2 aromatic rings. The van der Waals surface area contributed by atoms with E-state index in [1.165, 1.54) is 30.3 Å². The molecule has 1 aliphatic heterocycles. The number of carbonyl (C=O) groups is 1. The summed E-state index contributed by atoms with van der Waals surface area (Å²) in [5.41, 5.74) is 1.17. The number of ether oxygens (including phenoxy) is 3. The van der Waals surface area contributed by atoms with Crippen molar-refractivity contribution >= 4 is 11.9 Å². The quantitative estimate of drug-likeness (QED) is 0.619. The Morgan fingerprint density at radius 2 is 1.83 bits per heavy atom. The molecule has 0 N–H and O–H groups in total. The van der Waals surface area contributed by atoms with Crippen LogP contribution in [0.3, 0.4) is 0 Å². The van der Waals surface area contributed by atoms with Crippen LogP contribution in [0, 0.1) is 0 Å². The molecule has 118 valence electrons. The fraction of sp³-hybridized carbons (Fsp3) is 0.118. The van der Waals surface area contributed by atoms with Gasteiger partial charge in [0.25, 0.3) is 0 Å². The van der Waals surface area contributed by atoms with Crippen LogP contribution in [0.1, 0.15) is 15.9 Å². The molecule has 23 heavy (non-hydrogen) atoms. The summed E-state index contributed by atoms with van der Waals surface area (Å²) in [4.78, 5) is 12.1. The molecule has 0 bridgehead atoms. The summed E-state index contributed by atoms with van der Waals surface area (Å²) in [6.45, 7) is -2.70. The smallest absolute Gasteiger partial charge is 0.387 e. The molecule has 0 radical (unpaired) electrons. The largest absolute Gasteiger partial charge is 0.454 e. The minimum atomic E-state index is -2.89. The first kappa shape index (κ1) is 15.0. The minimum absolute atomic E-state index is 0.0105. The van der Waals surface area contributed by atoms with Gasteiger partial charge >= 0.3 is 6.61 Å². The molecular weight excluding hydrogens is 306 g/mol. The van der Waals surface area contributed by atoms with E-state index in [0.717, 1.165) is 5.56 Å². The molecule has 0 aromatic heterocycles. The molecular formula is C17H12F2O4. The molecule has 4 nitrogen and oxygen atoms in total. The number of fused-ring (bicyclic) bond motifs is 1. The Kier molecular flexibility index (Phi) is 4.23. The topological polar surface area (TPSA) is 44.8 Å². The number of carbonyl (C=O) groups excluding carboxylic acids is 1. The first-order chi connectivity index (χ1) is 11.1. The number of alkyl halides is 2.